The second-order valence-electron chi connectivity index (χ2n) is 6.81. The average molecular weight is 371 g/mol. The number of aryl methyl sites for hydroxylation is 2. The highest BCUT2D eigenvalue weighted by Crippen LogP contribution is 2.31. The molecule has 2 aliphatic heterocycles. The second kappa shape index (κ2) is 5.79. The molecular formula is C16H21NO5S2. The van der Waals surface area contributed by atoms with Gasteiger partial charge in [-0.2, -0.15) is 4.31 Å². The zero-order chi connectivity index (χ0) is 16.9. The van der Waals surface area contributed by atoms with Crippen LogP contribution in [-0.2, 0) is 37.4 Å². The minimum Gasteiger partial charge on any atom is -0.374 e. The fraction of sp³-hybridized carbons (Fsp3) is 0.625. The van der Waals surface area contributed by atoms with Crippen molar-refractivity contribution in [3.63, 3.8) is 0 Å². The monoisotopic (exact) mass is 371 g/mol. The summed E-state index contributed by atoms with van der Waals surface area (Å²) in [5.41, 5.74) is 2.33. The summed E-state index contributed by atoms with van der Waals surface area (Å²) in [6.07, 6.45) is 3.58. The van der Waals surface area contributed by atoms with Crippen LogP contribution in [0.2, 0.25) is 0 Å². The summed E-state index contributed by atoms with van der Waals surface area (Å²) in [6, 6.07) is 4.74. The SMILES string of the molecule is O=S1(=O)CC2OCCN(S(=O)(=O)c3ccc4c(c3)CCCC4)C2C1. The molecular weight excluding hydrogens is 350 g/mol. The third kappa shape index (κ3) is 2.79. The van der Waals surface area contributed by atoms with Gasteiger partial charge in [-0.15, -0.1) is 0 Å². The molecule has 3 aliphatic rings. The fourth-order valence-electron chi connectivity index (χ4n) is 3.99. The maximum atomic E-state index is 13.1. The number of nitrogens with zero attached hydrogens (tertiary/aromatic N) is 1. The van der Waals surface area contributed by atoms with E-state index in [1.54, 1.807) is 12.1 Å². The molecule has 8 heteroatoms. The first-order chi connectivity index (χ1) is 11.4. The van der Waals surface area contributed by atoms with Crippen molar-refractivity contribution in [3.05, 3.63) is 29.3 Å². The van der Waals surface area contributed by atoms with Crippen LogP contribution in [-0.4, -0.2) is 57.9 Å². The lowest BCUT2D eigenvalue weighted by atomic mass is 9.92. The number of benzene rings is 1. The molecule has 0 radical (unpaired) electrons. The minimum absolute atomic E-state index is 0.0894. The van der Waals surface area contributed by atoms with Crippen molar-refractivity contribution in [1.29, 1.82) is 0 Å². The maximum absolute atomic E-state index is 13.1. The third-order valence-electron chi connectivity index (χ3n) is 5.21. The number of fused-ring (bicyclic) bond motifs is 2. The van der Waals surface area contributed by atoms with Crippen LogP contribution in [0.4, 0.5) is 0 Å². The van der Waals surface area contributed by atoms with Crippen molar-refractivity contribution >= 4 is 19.9 Å². The third-order valence-corrected chi connectivity index (χ3v) is 8.82. The Labute approximate surface area is 142 Å². The predicted molar refractivity (Wildman–Crippen MR) is 89.2 cm³/mol. The summed E-state index contributed by atoms with van der Waals surface area (Å²) in [6.45, 7) is 0.441. The van der Waals surface area contributed by atoms with E-state index in [1.807, 2.05) is 6.07 Å². The van der Waals surface area contributed by atoms with Crippen molar-refractivity contribution in [2.24, 2.45) is 0 Å². The summed E-state index contributed by atoms with van der Waals surface area (Å²) < 4.78 is 56.8. The number of sulfone groups is 1. The molecule has 1 aromatic rings. The van der Waals surface area contributed by atoms with Crippen LogP contribution in [0.25, 0.3) is 0 Å². The van der Waals surface area contributed by atoms with E-state index >= 15 is 0 Å². The molecule has 2 fully saturated rings. The molecule has 2 atom stereocenters. The van der Waals surface area contributed by atoms with E-state index in [-0.39, 0.29) is 29.6 Å². The van der Waals surface area contributed by atoms with Gasteiger partial charge in [0.25, 0.3) is 0 Å². The molecule has 24 heavy (non-hydrogen) atoms. The van der Waals surface area contributed by atoms with Gasteiger partial charge in [0.1, 0.15) is 0 Å². The quantitative estimate of drug-likeness (QED) is 0.766. The first-order valence-electron chi connectivity index (χ1n) is 8.32. The first-order valence-corrected chi connectivity index (χ1v) is 11.6. The van der Waals surface area contributed by atoms with Gasteiger partial charge < -0.3 is 4.74 Å². The first kappa shape index (κ1) is 16.5. The molecule has 0 saturated carbocycles. The van der Waals surface area contributed by atoms with Crippen LogP contribution in [0.1, 0.15) is 24.0 Å². The van der Waals surface area contributed by atoms with Crippen LogP contribution in [0.15, 0.2) is 23.1 Å². The molecule has 0 N–H and O–H groups in total. The van der Waals surface area contributed by atoms with Crippen molar-refractivity contribution in [1.82, 2.24) is 4.31 Å². The molecule has 0 aromatic heterocycles. The summed E-state index contributed by atoms with van der Waals surface area (Å²) in [5.74, 6) is -0.240. The van der Waals surface area contributed by atoms with Gasteiger partial charge >= 0.3 is 0 Å². The Morgan fingerprint density at radius 1 is 1.08 bits per heavy atom. The normalized spacial score (nSPS) is 29.8. The van der Waals surface area contributed by atoms with E-state index in [0.717, 1.165) is 31.2 Å². The van der Waals surface area contributed by atoms with E-state index in [0.29, 0.717) is 0 Å². The van der Waals surface area contributed by atoms with Crippen molar-refractivity contribution in [3.8, 4) is 0 Å². The van der Waals surface area contributed by atoms with E-state index in [2.05, 4.69) is 0 Å². The molecule has 1 aliphatic carbocycles. The molecule has 0 amide bonds. The van der Waals surface area contributed by atoms with Crippen molar-refractivity contribution < 1.29 is 21.6 Å². The molecule has 2 unspecified atom stereocenters. The Bertz CT molecular complexity index is 862. The smallest absolute Gasteiger partial charge is 0.243 e. The van der Waals surface area contributed by atoms with E-state index in [1.165, 1.54) is 9.87 Å². The van der Waals surface area contributed by atoms with Gasteiger partial charge in [-0.1, -0.05) is 6.07 Å². The van der Waals surface area contributed by atoms with Crippen molar-refractivity contribution in [2.75, 3.05) is 24.7 Å². The zero-order valence-corrected chi connectivity index (χ0v) is 15.0. The number of rotatable bonds is 2. The lowest BCUT2D eigenvalue weighted by Crippen LogP contribution is -2.53. The van der Waals surface area contributed by atoms with Gasteiger partial charge in [-0.25, -0.2) is 16.8 Å². The van der Waals surface area contributed by atoms with E-state index in [9.17, 15) is 16.8 Å². The van der Waals surface area contributed by atoms with Gasteiger partial charge in [-0.05, 0) is 48.9 Å². The summed E-state index contributed by atoms with van der Waals surface area (Å²) in [5, 5.41) is 0. The Hall–Kier alpha value is -0.960. The molecule has 2 saturated heterocycles. The highest BCUT2D eigenvalue weighted by Gasteiger charge is 2.48. The fourth-order valence-corrected chi connectivity index (χ4v) is 7.64. The Morgan fingerprint density at radius 3 is 2.62 bits per heavy atom. The van der Waals surface area contributed by atoms with Crippen LogP contribution in [0.5, 0.6) is 0 Å². The van der Waals surface area contributed by atoms with Gasteiger partial charge in [-0.3, -0.25) is 0 Å². The van der Waals surface area contributed by atoms with Crippen LogP contribution in [0.3, 0.4) is 0 Å². The highest BCUT2D eigenvalue weighted by atomic mass is 32.2. The van der Waals surface area contributed by atoms with Crippen LogP contribution < -0.4 is 0 Å². The molecule has 2 heterocycles. The number of hydrogen-bond acceptors (Lipinski definition) is 5. The predicted octanol–water partition coefficient (Wildman–Crippen LogP) is 0.752. The number of morpholine rings is 1. The van der Waals surface area contributed by atoms with Gasteiger partial charge in [0.15, 0.2) is 9.84 Å². The topological polar surface area (TPSA) is 80.8 Å². The maximum Gasteiger partial charge on any atom is 0.243 e. The standard InChI is InChI=1S/C16H21NO5S2/c18-23(19)10-15-16(11-23)22-8-7-17(15)24(20,21)14-6-5-12-3-1-2-4-13(12)9-14/h5-6,9,15-16H,1-4,7-8,10-11H2. The number of sulfonamides is 1. The number of hydrogen-bond donors (Lipinski definition) is 0. The number of ether oxygens (including phenoxy) is 1. The average Bonchev–Trinajstić information content (AvgIpc) is 2.87. The molecule has 6 nitrogen and oxygen atoms in total. The van der Waals surface area contributed by atoms with E-state index < -0.39 is 32.0 Å². The molecule has 132 valence electrons. The van der Waals surface area contributed by atoms with Crippen molar-refractivity contribution in [2.45, 2.75) is 42.7 Å². The summed E-state index contributed by atoms with van der Waals surface area (Å²) >= 11 is 0. The summed E-state index contributed by atoms with van der Waals surface area (Å²) in [4.78, 5) is 0.271. The summed E-state index contributed by atoms with van der Waals surface area (Å²) in [7, 11) is -6.96. The van der Waals surface area contributed by atoms with Crippen LogP contribution in [0, 0.1) is 0 Å². The molecule has 0 spiro atoms. The minimum atomic E-state index is -3.71. The van der Waals surface area contributed by atoms with Gasteiger partial charge in [0, 0.05) is 6.54 Å². The lowest BCUT2D eigenvalue weighted by molar-refractivity contribution is -0.0141. The molecule has 0 bridgehead atoms. The Balaban J connectivity index is 1.69. The second-order valence-corrected chi connectivity index (χ2v) is 10.9. The highest BCUT2D eigenvalue weighted by molar-refractivity contribution is 7.92. The Kier molecular flexibility index (Phi) is 3.98. The van der Waals surface area contributed by atoms with E-state index in [4.69, 9.17) is 4.74 Å². The molecule has 4 rings (SSSR count). The Morgan fingerprint density at radius 2 is 1.83 bits per heavy atom. The van der Waals surface area contributed by atoms with Gasteiger partial charge in [0.05, 0.1) is 35.2 Å². The van der Waals surface area contributed by atoms with Gasteiger partial charge in [0.2, 0.25) is 10.0 Å². The lowest BCUT2D eigenvalue weighted by Gasteiger charge is -2.35. The molecule has 1 aromatic carbocycles. The largest absolute Gasteiger partial charge is 0.374 e. The zero-order valence-electron chi connectivity index (χ0n) is 13.3. The van der Waals surface area contributed by atoms with Crippen LogP contribution >= 0.6 is 0 Å².